The molecule has 0 bridgehead atoms. The van der Waals surface area contributed by atoms with E-state index in [-0.39, 0.29) is 5.91 Å². The third-order valence-corrected chi connectivity index (χ3v) is 6.93. The Hall–Kier alpha value is -2.43. The maximum Gasteiger partial charge on any atom is 0.247 e. The number of anilines is 1. The van der Waals surface area contributed by atoms with Crippen LogP contribution in [-0.2, 0) is 4.79 Å². The molecule has 2 aromatic carbocycles. The molecule has 0 saturated heterocycles. The number of amides is 1. The maximum atomic E-state index is 13.2. The fourth-order valence-electron chi connectivity index (χ4n) is 3.48. The molecule has 0 N–H and O–H groups in total. The number of nitrogens with zero attached hydrogens (tertiary/aromatic N) is 4. The van der Waals surface area contributed by atoms with E-state index in [0.29, 0.717) is 40.3 Å². The van der Waals surface area contributed by atoms with Gasteiger partial charge >= 0.3 is 0 Å². The number of para-hydroxylation sites is 1. The quantitative estimate of drug-likeness (QED) is 0.250. The molecule has 2 heterocycles. The summed E-state index contributed by atoms with van der Waals surface area (Å²) in [5, 5.41) is 9.13. The van der Waals surface area contributed by atoms with Crippen LogP contribution >= 0.6 is 43.6 Å². The zero-order chi connectivity index (χ0) is 23.5. The Morgan fingerprint density at radius 1 is 1.27 bits per heavy atom. The van der Waals surface area contributed by atoms with Crippen molar-refractivity contribution in [3.05, 3.63) is 63.6 Å². The van der Waals surface area contributed by atoms with Crippen LogP contribution in [-0.4, -0.2) is 34.0 Å². The summed E-state index contributed by atoms with van der Waals surface area (Å²) in [5.41, 5.74) is 2.62. The molecule has 0 aliphatic carbocycles. The van der Waals surface area contributed by atoms with Crippen LogP contribution in [0.3, 0.4) is 0 Å². The Balaban J connectivity index is 1.94. The zero-order valence-corrected chi connectivity index (χ0v) is 21.9. The highest BCUT2D eigenvalue weighted by Gasteiger charge is 2.36. The molecule has 170 valence electrons. The van der Waals surface area contributed by atoms with Crippen molar-refractivity contribution < 1.29 is 14.3 Å². The Morgan fingerprint density at radius 2 is 2.00 bits per heavy atom. The van der Waals surface area contributed by atoms with Crippen LogP contribution in [0.4, 0.5) is 5.69 Å². The first-order valence-corrected chi connectivity index (χ1v) is 12.6. The van der Waals surface area contributed by atoms with E-state index in [1.54, 1.807) is 18.1 Å². The van der Waals surface area contributed by atoms with Crippen molar-refractivity contribution in [2.75, 3.05) is 17.8 Å². The fourth-order valence-corrected chi connectivity index (χ4v) is 5.54. The van der Waals surface area contributed by atoms with Gasteiger partial charge in [0.1, 0.15) is 5.75 Å². The van der Waals surface area contributed by atoms with Crippen LogP contribution in [0.15, 0.2) is 63.2 Å². The lowest BCUT2D eigenvalue weighted by Gasteiger charge is -2.31. The number of fused-ring (bicyclic) bond motifs is 3. The molecule has 3 aromatic rings. The molecular formula is C23H20Br2N4O3S. The number of aromatic nitrogens is 3. The predicted molar refractivity (Wildman–Crippen MR) is 136 cm³/mol. The van der Waals surface area contributed by atoms with Crippen LogP contribution in [0.1, 0.15) is 25.1 Å². The summed E-state index contributed by atoms with van der Waals surface area (Å²) in [6.07, 6.45) is 1.28. The second-order valence-corrected chi connectivity index (χ2v) is 9.67. The van der Waals surface area contributed by atoms with Crippen LogP contribution in [0.2, 0.25) is 0 Å². The summed E-state index contributed by atoms with van der Waals surface area (Å²) in [5.74, 6) is 1.49. The van der Waals surface area contributed by atoms with E-state index in [2.05, 4.69) is 53.6 Å². The number of carbonyl (C=O) groups is 1. The van der Waals surface area contributed by atoms with Crippen molar-refractivity contribution in [1.29, 1.82) is 0 Å². The second kappa shape index (κ2) is 10.2. The molecule has 0 saturated carbocycles. The van der Waals surface area contributed by atoms with Crippen LogP contribution < -0.4 is 14.4 Å². The Morgan fingerprint density at radius 3 is 2.67 bits per heavy atom. The minimum atomic E-state index is -0.785. The smallest absolute Gasteiger partial charge is 0.247 e. The van der Waals surface area contributed by atoms with Gasteiger partial charge in [0.05, 0.1) is 21.7 Å². The number of methoxy groups -OCH3 is 1. The molecule has 0 spiro atoms. The number of benzene rings is 2. The molecule has 0 fully saturated rings. The summed E-state index contributed by atoms with van der Waals surface area (Å²) in [6, 6.07) is 11.3. The summed E-state index contributed by atoms with van der Waals surface area (Å²) < 4.78 is 13.3. The van der Waals surface area contributed by atoms with E-state index in [4.69, 9.17) is 9.47 Å². The number of rotatable bonds is 6. The van der Waals surface area contributed by atoms with Crippen molar-refractivity contribution >= 4 is 55.2 Å². The molecule has 0 radical (unpaired) electrons. The number of halogens is 2. The first-order valence-electron chi connectivity index (χ1n) is 10.1. The van der Waals surface area contributed by atoms with E-state index in [9.17, 15) is 4.79 Å². The van der Waals surface area contributed by atoms with Gasteiger partial charge in [0.15, 0.2) is 5.69 Å². The summed E-state index contributed by atoms with van der Waals surface area (Å²) in [4.78, 5) is 19.5. The third kappa shape index (κ3) is 4.64. The van der Waals surface area contributed by atoms with Crippen molar-refractivity contribution in [2.24, 2.45) is 0 Å². The molecule has 1 atom stereocenters. The zero-order valence-electron chi connectivity index (χ0n) is 17.9. The average molecular weight is 592 g/mol. The van der Waals surface area contributed by atoms with E-state index in [0.717, 1.165) is 20.1 Å². The van der Waals surface area contributed by atoms with Gasteiger partial charge in [-0.2, -0.15) is 4.98 Å². The molecule has 33 heavy (non-hydrogen) atoms. The summed E-state index contributed by atoms with van der Waals surface area (Å²) in [7, 11) is 1.59. The molecule has 1 aliphatic rings. The summed E-state index contributed by atoms with van der Waals surface area (Å²) >= 11 is 8.52. The van der Waals surface area contributed by atoms with Crippen molar-refractivity contribution in [3.8, 4) is 22.9 Å². The second-order valence-electron chi connectivity index (χ2n) is 6.97. The highest BCUT2D eigenvalue weighted by atomic mass is 79.9. The van der Waals surface area contributed by atoms with Crippen molar-refractivity contribution in [3.63, 3.8) is 0 Å². The van der Waals surface area contributed by atoms with Gasteiger partial charge in [-0.05, 0) is 50.1 Å². The normalized spacial score (nSPS) is 14.5. The predicted octanol–water partition coefficient (Wildman–Crippen LogP) is 6.18. The van der Waals surface area contributed by atoms with Crippen LogP contribution in [0.5, 0.6) is 11.6 Å². The van der Waals surface area contributed by atoms with Crippen molar-refractivity contribution in [2.45, 2.75) is 24.7 Å². The number of carbonyl (C=O) groups excluding carboxylic acids is 1. The highest BCUT2D eigenvalue weighted by Crippen LogP contribution is 2.45. The minimum absolute atomic E-state index is 0.0995. The number of hydrogen-bond acceptors (Lipinski definition) is 7. The molecule has 1 aromatic heterocycles. The van der Waals surface area contributed by atoms with Gasteiger partial charge in [-0.15, -0.1) is 16.8 Å². The molecular weight excluding hydrogens is 572 g/mol. The average Bonchev–Trinajstić information content (AvgIpc) is 2.96. The Bertz CT molecular complexity index is 1200. The van der Waals surface area contributed by atoms with Crippen molar-refractivity contribution in [1.82, 2.24) is 15.2 Å². The lowest BCUT2D eigenvalue weighted by Crippen LogP contribution is -2.37. The summed E-state index contributed by atoms with van der Waals surface area (Å²) in [6.45, 7) is 5.56. The van der Waals surface area contributed by atoms with Gasteiger partial charge < -0.3 is 9.47 Å². The maximum absolute atomic E-state index is 13.2. The first kappa shape index (κ1) is 23.7. The molecule has 0 unspecified atom stereocenters. The number of ether oxygens (including phenoxy) is 2. The van der Waals surface area contributed by atoms with Crippen LogP contribution in [0, 0.1) is 0 Å². The lowest BCUT2D eigenvalue weighted by molar-refractivity contribution is -0.120. The number of hydrogen-bond donors (Lipinski definition) is 0. The Kier molecular flexibility index (Phi) is 7.35. The fraction of sp³-hybridized carbons (Fsp3) is 0.217. The standard InChI is InChI=1S/C23H20Br2N4O3S/c1-4-10-33-23-26-21-19(27-28-23)14-8-6-7-9-17(14)29(18(30)5-2)22(32-21)13-11-15(24)20(31-3)16(25)12-13/h4,6-9,11-12,22H,1,5,10H2,2-3H3/t22-/m1/s1. The van der Waals surface area contributed by atoms with Gasteiger partial charge in [-0.3, -0.25) is 9.69 Å². The monoisotopic (exact) mass is 590 g/mol. The largest absolute Gasteiger partial charge is 0.494 e. The minimum Gasteiger partial charge on any atom is -0.494 e. The SMILES string of the molecule is C=CCSc1nnc2c(n1)O[C@H](c1cc(Br)c(OC)c(Br)c1)N(C(=O)CC)c1ccccc1-2. The number of thioether (sulfide) groups is 1. The topological polar surface area (TPSA) is 77.4 Å². The van der Waals surface area contributed by atoms with Crippen LogP contribution in [0.25, 0.3) is 11.3 Å². The molecule has 10 heteroatoms. The molecule has 7 nitrogen and oxygen atoms in total. The van der Waals surface area contributed by atoms with E-state index >= 15 is 0 Å². The van der Waals surface area contributed by atoms with E-state index in [1.807, 2.05) is 43.3 Å². The highest BCUT2D eigenvalue weighted by molar-refractivity contribution is 9.11. The van der Waals surface area contributed by atoms with Gasteiger partial charge in [0, 0.05) is 23.3 Å². The van der Waals surface area contributed by atoms with E-state index in [1.165, 1.54) is 11.8 Å². The van der Waals surface area contributed by atoms with Gasteiger partial charge in [0.2, 0.25) is 23.2 Å². The van der Waals surface area contributed by atoms with Gasteiger partial charge in [-0.1, -0.05) is 43.0 Å². The molecule has 1 amide bonds. The van der Waals surface area contributed by atoms with Gasteiger partial charge in [0.25, 0.3) is 0 Å². The first-order chi connectivity index (χ1) is 16.0. The third-order valence-electron chi connectivity index (χ3n) is 4.92. The Labute approximate surface area is 212 Å². The molecule has 1 aliphatic heterocycles. The van der Waals surface area contributed by atoms with Gasteiger partial charge in [-0.25, -0.2) is 0 Å². The molecule has 4 rings (SSSR count). The lowest BCUT2D eigenvalue weighted by atomic mass is 10.1. The van der Waals surface area contributed by atoms with E-state index < -0.39 is 6.23 Å².